The summed E-state index contributed by atoms with van der Waals surface area (Å²) in [6.07, 6.45) is 2.23. The van der Waals surface area contributed by atoms with Gasteiger partial charge in [-0.1, -0.05) is 5.16 Å². The van der Waals surface area contributed by atoms with E-state index >= 15 is 0 Å². The van der Waals surface area contributed by atoms with Crippen LogP contribution in [-0.4, -0.2) is 16.0 Å². The fraction of sp³-hybridized carbons (Fsp3) is 0. The molecule has 0 fully saturated rings. The maximum atomic E-state index is 13.1. The van der Waals surface area contributed by atoms with Gasteiger partial charge in [0.05, 0.1) is 5.56 Å². The summed E-state index contributed by atoms with van der Waals surface area (Å²) in [7, 11) is 0. The number of nitrogens with zero attached hydrogens (tertiary/aromatic N) is 2. The molecule has 7 heteroatoms. The molecule has 0 spiro atoms. The molecule has 2 aromatic rings. The number of carbonyl (C=O) groups excluding carboxylic acids is 1. The number of hydrogen-bond acceptors (Lipinski definition) is 4. The van der Waals surface area contributed by atoms with Gasteiger partial charge in [0.25, 0.3) is 5.91 Å². The Morgan fingerprint density at radius 3 is 2.88 bits per heavy atom. The number of nitrogens with one attached hydrogen (secondary N) is 1. The monoisotopic (exact) mass is 225 g/mol. The second kappa shape index (κ2) is 4.05. The lowest BCUT2D eigenvalue weighted by Gasteiger charge is -2.02. The Morgan fingerprint density at radius 1 is 1.38 bits per heavy atom. The van der Waals surface area contributed by atoms with Crippen molar-refractivity contribution in [1.82, 2.24) is 10.1 Å². The lowest BCUT2D eigenvalue weighted by Crippen LogP contribution is -2.15. The lowest BCUT2D eigenvalue weighted by atomic mass is 10.2. The van der Waals surface area contributed by atoms with Gasteiger partial charge >= 0.3 is 0 Å². The fourth-order valence-corrected chi connectivity index (χ4v) is 1.05. The zero-order valence-corrected chi connectivity index (χ0v) is 7.78. The van der Waals surface area contributed by atoms with Crippen molar-refractivity contribution in [3.8, 4) is 0 Å². The molecule has 0 bridgehead atoms. The quantitative estimate of drug-likeness (QED) is 0.788. The molecule has 0 radical (unpaired) electrons. The van der Waals surface area contributed by atoms with Crippen molar-refractivity contribution in [2.75, 3.05) is 5.32 Å². The number of pyridine rings is 1. The fourth-order valence-electron chi connectivity index (χ4n) is 1.05. The summed E-state index contributed by atoms with van der Waals surface area (Å²) in [4.78, 5) is 14.5. The molecule has 0 unspecified atom stereocenters. The van der Waals surface area contributed by atoms with Crippen molar-refractivity contribution in [2.24, 2.45) is 0 Å². The van der Waals surface area contributed by atoms with Crippen LogP contribution >= 0.6 is 0 Å². The SMILES string of the molecule is O=C(Nc1ccon1)c1ccnc(F)c1F. The Hall–Kier alpha value is -2.31. The molecule has 2 rings (SSSR count). The van der Waals surface area contributed by atoms with Crippen LogP contribution < -0.4 is 5.32 Å². The third-order valence-electron chi connectivity index (χ3n) is 1.77. The van der Waals surface area contributed by atoms with E-state index in [2.05, 4.69) is 20.0 Å². The number of rotatable bonds is 2. The normalized spacial score (nSPS) is 10.1. The highest BCUT2D eigenvalue weighted by Gasteiger charge is 2.16. The van der Waals surface area contributed by atoms with Crippen LogP contribution in [0.2, 0.25) is 0 Å². The molecular formula is C9H5F2N3O2. The minimum absolute atomic E-state index is 0.113. The van der Waals surface area contributed by atoms with Crippen molar-refractivity contribution in [3.05, 3.63) is 41.9 Å². The minimum Gasteiger partial charge on any atom is -0.363 e. The van der Waals surface area contributed by atoms with Crippen molar-refractivity contribution >= 4 is 11.7 Å². The second-order valence-electron chi connectivity index (χ2n) is 2.80. The highest BCUT2D eigenvalue weighted by Crippen LogP contribution is 2.11. The number of hydrogen-bond donors (Lipinski definition) is 1. The summed E-state index contributed by atoms with van der Waals surface area (Å²) in [5, 5.41) is 5.62. The first-order valence-corrected chi connectivity index (χ1v) is 4.20. The lowest BCUT2D eigenvalue weighted by molar-refractivity contribution is 0.102. The smallest absolute Gasteiger partial charge is 0.260 e. The largest absolute Gasteiger partial charge is 0.363 e. The van der Waals surface area contributed by atoms with Crippen LogP contribution in [0.15, 0.2) is 29.1 Å². The Morgan fingerprint density at radius 2 is 2.19 bits per heavy atom. The molecule has 0 saturated carbocycles. The average molecular weight is 225 g/mol. The van der Waals surface area contributed by atoms with Gasteiger partial charge in [-0.25, -0.2) is 9.37 Å². The topological polar surface area (TPSA) is 68.0 Å². The Labute approximate surface area is 88.1 Å². The number of amides is 1. The third-order valence-corrected chi connectivity index (χ3v) is 1.77. The molecule has 1 amide bonds. The van der Waals surface area contributed by atoms with Gasteiger partial charge in [0.2, 0.25) is 5.95 Å². The average Bonchev–Trinajstić information content (AvgIpc) is 2.74. The zero-order chi connectivity index (χ0) is 11.5. The van der Waals surface area contributed by atoms with Gasteiger partial charge in [-0.15, -0.1) is 0 Å². The predicted octanol–water partition coefficient (Wildman–Crippen LogP) is 1.60. The van der Waals surface area contributed by atoms with Gasteiger partial charge in [-0.3, -0.25) is 4.79 Å². The zero-order valence-electron chi connectivity index (χ0n) is 7.78. The molecule has 0 aliphatic rings. The number of halogens is 2. The summed E-state index contributed by atoms with van der Waals surface area (Å²) in [6, 6.07) is 2.43. The summed E-state index contributed by atoms with van der Waals surface area (Å²) < 4.78 is 30.3. The van der Waals surface area contributed by atoms with Gasteiger partial charge in [-0.2, -0.15) is 4.39 Å². The first-order chi connectivity index (χ1) is 7.68. The number of aromatic nitrogens is 2. The maximum absolute atomic E-state index is 13.1. The summed E-state index contributed by atoms with van der Waals surface area (Å²) >= 11 is 0. The molecule has 0 atom stereocenters. The standard InChI is InChI=1S/C9H5F2N3O2/c10-7-5(1-3-12-8(7)11)9(15)13-6-2-4-16-14-6/h1-4H,(H,13,14,15). The van der Waals surface area contributed by atoms with E-state index < -0.39 is 23.2 Å². The van der Waals surface area contributed by atoms with Crippen LogP contribution in [0.5, 0.6) is 0 Å². The van der Waals surface area contributed by atoms with Crippen LogP contribution in [0.25, 0.3) is 0 Å². The molecule has 0 aromatic carbocycles. The van der Waals surface area contributed by atoms with Crippen molar-refractivity contribution < 1.29 is 18.1 Å². The summed E-state index contributed by atoms with van der Waals surface area (Å²) in [5.74, 6) is -3.34. The van der Waals surface area contributed by atoms with E-state index in [1.165, 1.54) is 12.3 Å². The van der Waals surface area contributed by atoms with Gasteiger partial charge in [0.1, 0.15) is 6.26 Å². The molecule has 1 N–H and O–H groups in total. The highest BCUT2D eigenvalue weighted by molar-refractivity contribution is 6.03. The second-order valence-corrected chi connectivity index (χ2v) is 2.80. The first kappa shape index (κ1) is 10.2. The first-order valence-electron chi connectivity index (χ1n) is 4.20. The van der Waals surface area contributed by atoms with E-state index in [-0.39, 0.29) is 5.82 Å². The van der Waals surface area contributed by atoms with E-state index in [9.17, 15) is 13.6 Å². The van der Waals surface area contributed by atoms with Gasteiger partial charge in [0.15, 0.2) is 11.6 Å². The van der Waals surface area contributed by atoms with E-state index in [0.29, 0.717) is 0 Å². The molecule has 82 valence electrons. The van der Waals surface area contributed by atoms with Crippen LogP contribution in [-0.2, 0) is 0 Å². The molecular weight excluding hydrogens is 220 g/mol. The molecule has 0 aliphatic carbocycles. The van der Waals surface area contributed by atoms with Crippen molar-refractivity contribution in [3.63, 3.8) is 0 Å². The number of carbonyl (C=O) groups is 1. The highest BCUT2D eigenvalue weighted by atomic mass is 19.2. The van der Waals surface area contributed by atoms with E-state index in [1.54, 1.807) is 0 Å². The maximum Gasteiger partial charge on any atom is 0.260 e. The summed E-state index contributed by atoms with van der Waals surface area (Å²) in [5.41, 5.74) is -0.449. The Kier molecular flexibility index (Phi) is 2.59. The molecule has 0 aliphatic heterocycles. The van der Waals surface area contributed by atoms with E-state index in [1.807, 2.05) is 0 Å². The molecule has 2 aromatic heterocycles. The minimum atomic E-state index is -1.33. The number of anilines is 1. The predicted molar refractivity (Wildman–Crippen MR) is 48.6 cm³/mol. The van der Waals surface area contributed by atoms with E-state index in [0.717, 1.165) is 12.3 Å². The summed E-state index contributed by atoms with van der Waals surface area (Å²) in [6.45, 7) is 0. The Bertz CT molecular complexity index is 513. The third kappa shape index (κ3) is 1.88. The molecule has 16 heavy (non-hydrogen) atoms. The van der Waals surface area contributed by atoms with Crippen LogP contribution in [0.3, 0.4) is 0 Å². The van der Waals surface area contributed by atoms with Crippen molar-refractivity contribution in [1.29, 1.82) is 0 Å². The van der Waals surface area contributed by atoms with Crippen LogP contribution in [0, 0.1) is 11.8 Å². The van der Waals surface area contributed by atoms with Crippen molar-refractivity contribution in [2.45, 2.75) is 0 Å². The van der Waals surface area contributed by atoms with Crippen LogP contribution in [0.1, 0.15) is 10.4 Å². The molecule has 2 heterocycles. The molecule has 5 nitrogen and oxygen atoms in total. The Balaban J connectivity index is 2.24. The van der Waals surface area contributed by atoms with Gasteiger partial charge < -0.3 is 9.84 Å². The van der Waals surface area contributed by atoms with Gasteiger partial charge in [-0.05, 0) is 6.07 Å². The van der Waals surface area contributed by atoms with Gasteiger partial charge in [0, 0.05) is 12.3 Å². The van der Waals surface area contributed by atoms with E-state index in [4.69, 9.17) is 0 Å². The van der Waals surface area contributed by atoms with Crippen LogP contribution in [0.4, 0.5) is 14.6 Å². The molecule has 0 saturated heterocycles.